The molecular weight excluding hydrogens is 234 g/mol. The van der Waals surface area contributed by atoms with Gasteiger partial charge in [-0.1, -0.05) is 12.0 Å². The molecule has 2 heterocycles. The molecule has 7 nitrogen and oxygen atoms in total. The monoisotopic (exact) mass is 253 g/mol. The molecule has 0 spiro atoms. The number of carbonyl (C=O) groups excluding carboxylic acids is 1. The van der Waals surface area contributed by atoms with Gasteiger partial charge in [0.15, 0.2) is 0 Å². The average molecular weight is 253 g/mol. The van der Waals surface area contributed by atoms with Gasteiger partial charge in [-0.15, -0.1) is 5.10 Å². The standard InChI is InChI=1S/C11H19N5O2/c1-7-3-4-16(5-9(7)12)6-10(17)13-11-15-14-8(2)18-11/h7,9H,3-6,12H2,1-2H3,(H,13,15,17). The van der Waals surface area contributed by atoms with E-state index in [4.69, 9.17) is 10.2 Å². The highest BCUT2D eigenvalue weighted by molar-refractivity contribution is 5.90. The van der Waals surface area contributed by atoms with Crippen LogP contribution >= 0.6 is 0 Å². The Balaban J connectivity index is 1.81. The van der Waals surface area contributed by atoms with Crippen LogP contribution in [0.25, 0.3) is 0 Å². The fourth-order valence-electron chi connectivity index (χ4n) is 2.02. The summed E-state index contributed by atoms with van der Waals surface area (Å²) in [6, 6.07) is 0.282. The van der Waals surface area contributed by atoms with Crippen molar-refractivity contribution < 1.29 is 9.21 Å². The van der Waals surface area contributed by atoms with Gasteiger partial charge in [0.1, 0.15) is 0 Å². The van der Waals surface area contributed by atoms with E-state index < -0.39 is 0 Å². The molecule has 1 aromatic heterocycles. The molecule has 0 aromatic carbocycles. The molecule has 0 bridgehead atoms. The summed E-state index contributed by atoms with van der Waals surface area (Å²) in [6.07, 6.45) is 1.02. The Kier molecular flexibility index (Phi) is 3.93. The van der Waals surface area contributed by atoms with Gasteiger partial charge in [-0.05, 0) is 18.9 Å². The van der Waals surface area contributed by atoms with Crippen LogP contribution < -0.4 is 11.1 Å². The number of aromatic nitrogens is 2. The molecule has 1 saturated heterocycles. The average Bonchev–Trinajstić information content (AvgIpc) is 2.69. The number of piperidine rings is 1. The van der Waals surface area contributed by atoms with Gasteiger partial charge in [-0.25, -0.2) is 0 Å². The summed E-state index contributed by atoms with van der Waals surface area (Å²) in [4.78, 5) is 13.8. The van der Waals surface area contributed by atoms with Crippen LogP contribution in [0.3, 0.4) is 0 Å². The minimum absolute atomic E-state index is 0.136. The zero-order chi connectivity index (χ0) is 13.1. The smallest absolute Gasteiger partial charge is 0.322 e. The van der Waals surface area contributed by atoms with Crippen molar-refractivity contribution in [2.45, 2.75) is 26.3 Å². The summed E-state index contributed by atoms with van der Waals surface area (Å²) in [5, 5.41) is 9.93. The van der Waals surface area contributed by atoms with E-state index >= 15 is 0 Å². The lowest BCUT2D eigenvalue weighted by molar-refractivity contribution is -0.117. The van der Waals surface area contributed by atoms with Crippen molar-refractivity contribution in [1.82, 2.24) is 15.1 Å². The zero-order valence-electron chi connectivity index (χ0n) is 10.7. The Labute approximate surface area is 106 Å². The first-order valence-electron chi connectivity index (χ1n) is 6.12. The molecule has 1 aliphatic heterocycles. The highest BCUT2D eigenvalue weighted by Crippen LogP contribution is 2.15. The molecule has 18 heavy (non-hydrogen) atoms. The van der Waals surface area contributed by atoms with Gasteiger partial charge in [0.2, 0.25) is 11.8 Å². The Morgan fingerprint density at radius 2 is 2.39 bits per heavy atom. The second-order valence-corrected chi connectivity index (χ2v) is 4.84. The number of nitrogens with two attached hydrogens (primary N) is 1. The quantitative estimate of drug-likeness (QED) is 0.786. The first kappa shape index (κ1) is 13.0. The van der Waals surface area contributed by atoms with Crippen LogP contribution in [0.1, 0.15) is 19.2 Å². The third kappa shape index (κ3) is 3.27. The molecule has 7 heteroatoms. The number of nitrogens with one attached hydrogen (secondary N) is 1. The second kappa shape index (κ2) is 5.45. The van der Waals surface area contributed by atoms with Crippen LogP contribution in [-0.4, -0.2) is 46.7 Å². The molecule has 2 unspecified atom stereocenters. The maximum Gasteiger partial charge on any atom is 0.322 e. The number of anilines is 1. The molecule has 3 N–H and O–H groups in total. The third-order valence-electron chi connectivity index (χ3n) is 3.24. The van der Waals surface area contributed by atoms with Crippen LogP contribution in [0.15, 0.2) is 4.42 Å². The number of hydrogen-bond donors (Lipinski definition) is 2. The van der Waals surface area contributed by atoms with E-state index in [9.17, 15) is 4.79 Å². The Morgan fingerprint density at radius 1 is 1.61 bits per heavy atom. The van der Waals surface area contributed by atoms with Gasteiger partial charge in [-0.2, -0.15) is 0 Å². The van der Waals surface area contributed by atoms with E-state index in [2.05, 4.69) is 22.4 Å². The highest BCUT2D eigenvalue weighted by atomic mass is 16.4. The van der Waals surface area contributed by atoms with Gasteiger partial charge in [-0.3, -0.25) is 15.0 Å². The topological polar surface area (TPSA) is 97.3 Å². The molecule has 1 amide bonds. The molecule has 0 radical (unpaired) electrons. The predicted octanol–water partition coefficient (Wildman–Crippen LogP) is -0.0144. The minimum Gasteiger partial charge on any atom is -0.408 e. The summed E-state index contributed by atoms with van der Waals surface area (Å²) in [5.41, 5.74) is 5.99. The van der Waals surface area contributed by atoms with Crippen molar-refractivity contribution in [1.29, 1.82) is 0 Å². The van der Waals surface area contributed by atoms with Gasteiger partial charge in [0, 0.05) is 19.5 Å². The fraction of sp³-hybridized carbons (Fsp3) is 0.727. The van der Waals surface area contributed by atoms with E-state index in [1.807, 2.05) is 4.90 Å². The van der Waals surface area contributed by atoms with Crippen molar-refractivity contribution in [2.75, 3.05) is 25.0 Å². The number of likely N-dealkylation sites (tertiary alicyclic amines) is 1. The van der Waals surface area contributed by atoms with Gasteiger partial charge in [0.25, 0.3) is 0 Å². The van der Waals surface area contributed by atoms with Crippen molar-refractivity contribution >= 4 is 11.9 Å². The molecule has 100 valence electrons. The van der Waals surface area contributed by atoms with Crippen molar-refractivity contribution in [2.24, 2.45) is 11.7 Å². The summed E-state index contributed by atoms with van der Waals surface area (Å²) in [7, 11) is 0. The van der Waals surface area contributed by atoms with Crippen molar-refractivity contribution in [3.05, 3.63) is 5.89 Å². The van der Waals surface area contributed by atoms with Crippen LogP contribution in [0.2, 0.25) is 0 Å². The lowest BCUT2D eigenvalue weighted by Crippen LogP contribution is -2.49. The molecule has 2 atom stereocenters. The Hall–Kier alpha value is -1.47. The van der Waals surface area contributed by atoms with E-state index in [1.165, 1.54) is 0 Å². The van der Waals surface area contributed by atoms with Gasteiger partial charge in [0.05, 0.1) is 6.54 Å². The van der Waals surface area contributed by atoms with E-state index in [1.54, 1.807) is 6.92 Å². The minimum atomic E-state index is -0.152. The van der Waals surface area contributed by atoms with Gasteiger partial charge < -0.3 is 10.2 Å². The largest absolute Gasteiger partial charge is 0.408 e. The van der Waals surface area contributed by atoms with Gasteiger partial charge >= 0.3 is 6.01 Å². The number of aryl methyl sites for hydroxylation is 1. The molecule has 1 fully saturated rings. The van der Waals surface area contributed by atoms with Crippen LogP contribution in [0.5, 0.6) is 0 Å². The number of hydrogen-bond acceptors (Lipinski definition) is 6. The summed E-state index contributed by atoms with van der Waals surface area (Å²) >= 11 is 0. The second-order valence-electron chi connectivity index (χ2n) is 4.84. The van der Waals surface area contributed by atoms with Crippen LogP contribution in [0, 0.1) is 12.8 Å². The first-order chi connectivity index (χ1) is 8.54. The first-order valence-corrected chi connectivity index (χ1v) is 6.12. The summed E-state index contributed by atoms with van der Waals surface area (Å²) < 4.78 is 5.08. The van der Waals surface area contributed by atoms with E-state index in [0.29, 0.717) is 18.4 Å². The number of rotatable bonds is 3. The van der Waals surface area contributed by atoms with E-state index in [0.717, 1.165) is 19.5 Å². The SMILES string of the molecule is Cc1nnc(NC(=O)CN2CCC(C)C(N)C2)o1. The zero-order valence-corrected chi connectivity index (χ0v) is 10.7. The lowest BCUT2D eigenvalue weighted by atomic mass is 9.94. The molecule has 2 rings (SSSR count). The van der Waals surface area contributed by atoms with Crippen molar-refractivity contribution in [3.8, 4) is 0 Å². The maximum atomic E-state index is 11.8. The van der Waals surface area contributed by atoms with Crippen LogP contribution in [-0.2, 0) is 4.79 Å². The van der Waals surface area contributed by atoms with Crippen LogP contribution in [0.4, 0.5) is 6.01 Å². The lowest BCUT2D eigenvalue weighted by Gasteiger charge is -2.34. The normalized spacial score (nSPS) is 25.1. The molecular formula is C11H19N5O2. The Morgan fingerprint density at radius 3 is 3.00 bits per heavy atom. The van der Waals surface area contributed by atoms with E-state index in [-0.39, 0.29) is 18.0 Å². The number of carbonyl (C=O) groups is 1. The highest BCUT2D eigenvalue weighted by Gasteiger charge is 2.24. The molecule has 1 aliphatic rings. The number of amides is 1. The molecule has 0 aliphatic carbocycles. The summed E-state index contributed by atoms with van der Waals surface area (Å²) in [5.74, 6) is 0.794. The van der Waals surface area contributed by atoms with Crippen molar-refractivity contribution in [3.63, 3.8) is 0 Å². The molecule has 0 saturated carbocycles. The predicted molar refractivity (Wildman–Crippen MR) is 65.9 cm³/mol. The maximum absolute atomic E-state index is 11.8. The Bertz CT molecular complexity index is 419. The fourth-order valence-corrected chi connectivity index (χ4v) is 2.02. The molecule has 1 aromatic rings. The third-order valence-corrected chi connectivity index (χ3v) is 3.24. The number of nitrogens with zero attached hydrogens (tertiary/aromatic N) is 3. The summed E-state index contributed by atoms with van der Waals surface area (Å²) in [6.45, 7) is 5.77.